The average Bonchev–Trinajstić information content (AvgIpc) is 3.54. The van der Waals surface area contributed by atoms with Gasteiger partial charge in [0.25, 0.3) is 11.8 Å². The molecule has 0 spiro atoms. The standard InChI is InChI=1S/C18H18N10O8S3/c1-36-24-9(8-5-38-17(19)20-8)12(29)21-10-13(30)28-11(16(33)34)6(3-37-14(10)28)4-39-18-22-25-26-27(18)2-7(23-35)15(31)32/h5,7,10,14H,2-4H2,1H3,(H2,19,20)(H,21,29)(H,31,32)(H,33,34)/t7?,10?,14-/m0/s1. The minimum Gasteiger partial charge on any atom is -0.480 e. The Labute approximate surface area is 230 Å². The third-order valence-corrected chi connectivity index (χ3v) is 8.39. The summed E-state index contributed by atoms with van der Waals surface area (Å²) in [5.41, 5.74) is 5.72. The van der Waals surface area contributed by atoms with Crippen LogP contribution in [0.4, 0.5) is 5.13 Å². The first-order valence-corrected chi connectivity index (χ1v) is 13.5. The molecule has 4 heterocycles. The van der Waals surface area contributed by atoms with Crippen LogP contribution in [-0.4, -0.2) is 106 Å². The van der Waals surface area contributed by atoms with Gasteiger partial charge in [0.15, 0.2) is 10.8 Å². The maximum Gasteiger partial charge on any atom is 0.352 e. The molecule has 2 amide bonds. The van der Waals surface area contributed by atoms with E-state index in [2.05, 4.69) is 36.2 Å². The van der Waals surface area contributed by atoms with E-state index in [1.165, 1.54) is 24.3 Å². The molecule has 2 unspecified atom stereocenters. The van der Waals surface area contributed by atoms with Crippen molar-refractivity contribution in [2.75, 3.05) is 24.3 Å². The van der Waals surface area contributed by atoms with Crippen molar-refractivity contribution in [3.8, 4) is 0 Å². The van der Waals surface area contributed by atoms with Crippen molar-refractivity contribution in [3.63, 3.8) is 0 Å². The van der Waals surface area contributed by atoms with Crippen LogP contribution in [0.1, 0.15) is 5.69 Å². The second-order valence-corrected chi connectivity index (χ2v) is 10.6. The summed E-state index contributed by atoms with van der Waals surface area (Å²) in [6.07, 6.45) is 0. The summed E-state index contributed by atoms with van der Waals surface area (Å²) >= 11 is 3.32. The molecule has 3 atom stereocenters. The van der Waals surface area contributed by atoms with E-state index < -0.39 is 47.8 Å². The number of nitrogen functional groups attached to an aromatic ring is 1. The zero-order valence-corrected chi connectivity index (χ0v) is 22.1. The van der Waals surface area contributed by atoms with Crippen molar-refractivity contribution in [3.05, 3.63) is 27.3 Å². The van der Waals surface area contributed by atoms with Gasteiger partial charge in [0.1, 0.15) is 29.9 Å². The molecule has 0 radical (unpaired) electrons. The number of carbonyl (C=O) groups is 4. The Morgan fingerprint density at radius 1 is 1.38 bits per heavy atom. The molecule has 18 nitrogen and oxygen atoms in total. The van der Waals surface area contributed by atoms with E-state index in [-0.39, 0.29) is 38.9 Å². The lowest BCUT2D eigenvalue weighted by Gasteiger charge is -2.49. The van der Waals surface area contributed by atoms with Gasteiger partial charge in [-0.25, -0.2) is 19.3 Å². The fourth-order valence-electron chi connectivity index (χ4n) is 3.58. The lowest BCUT2D eigenvalue weighted by molar-refractivity contribution is -0.150. The minimum absolute atomic E-state index is 0.0463. The summed E-state index contributed by atoms with van der Waals surface area (Å²) in [6, 6.07) is -2.64. The molecular formula is C18H18N10O8S3. The molecule has 0 aliphatic carbocycles. The van der Waals surface area contributed by atoms with Gasteiger partial charge in [-0.05, 0) is 16.0 Å². The molecule has 4 rings (SSSR count). The van der Waals surface area contributed by atoms with Crippen molar-refractivity contribution in [2.24, 2.45) is 10.3 Å². The second kappa shape index (κ2) is 11.7. The van der Waals surface area contributed by atoms with Gasteiger partial charge in [-0.1, -0.05) is 22.1 Å². The Morgan fingerprint density at radius 3 is 2.77 bits per heavy atom. The summed E-state index contributed by atoms with van der Waals surface area (Å²) in [4.78, 5) is 69.6. The first-order valence-electron chi connectivity index (χ1n) is 10.6. The molecule has 206 valence electrons. The molecule has 0 bridgehead atoms. The van der Waals surface area contributed by atoms with Crippen molar-refractivity contribution in [1.82, 2.24) is 35.4 Å². The van der Waals surface area contributed by atoms with Gasteiger partial charge in [-0.15, -0.1) is 33.1 Å². The SMILES string of the molecule is CON=C(C(=O)NC1C(=O)N2C(C(=O)O)=C(CSc3nnnn3CC(N=O)C(=O)O)CS[C@@H]12)c1csc(N)n1. The number of nitrogens with zero attached hydrogens (tertiary/aromatic N) is 8. The summed E-state index contributed by atoms with van der Waals surface area (Å²) in [5.74, 6) is -3.93. The number of fused-ring (bicyclic) bond motifs is 1. The van der Waals surface area contributed by atoms with Crippen LogP contribution in [0.3, 0.4) is 0 Å². The first-order chi connectivity index (χ1) is 18.7. The number of anilines is 1. The maximum atomic E-state index is 13.0. The first kappa shape index (κ1) is 27.9. The quantitative estimate of drug-likeness (QED) is 0.0736. The molecule has 2 aromatic heterocycles. The summed E-state index contributed by atoms with van der Waals surface area (Å²) in [5, 5.41) is 39.7. The highest BCUT2D eigenvalue weighted by Crippen LogP contribution is 2.41. The van der Waals surface area contributed by atoms with Gasteiger partial charge in [-0.3, -0.25) is 14.5 Å². The molecule has 39 heavy (non-hydrogen) atoms. The number of carboxylic acid groups (broad SMARTS) is 2. The lowest BCUT2D eigenvalue weighted by Crippen LogP contribution is -2.71. The van der Waals surface area contributed by atoms with Crippen LogP contribution >= 0.6 is 34.9 Å². The smallest absolute Gasteiger partial charge is 0.352 e. The number of aliphatic carboxylic acids is 2. The number of hydrogen-bond donors (Lipinski definition) is 4. The predicted molar refractivity (Wildman–Crippen MR) is 136 cm³/mol. The fraction of sp³-hybridized carbons (Fsp3) is 0.389. The number of oxime groups is 1. The van der Waals surface area contributed by atoms with Crippen molar-refractivity contribution in [1.29, 1.82) is 0 Å². The van der Waals surface area contributed by atoms with Crippen LogP contribution in [0.2, 0.25) is 0 Å². The van der Waals surface area contributed by atoms with E-state index >= 15 is 0 Å². The van der Waals surface area contributed by atoms with Gasteiger partial charge in [0.05, 0.1) is 6.54 Å². The van der Waals surface area contributed by atoms with Crippen LogP contribution in [0.15, 0.2) is 32.1 Å². The number of thioether (sulfide) groups is 2. The number of nitrogens with one attached hydrogen (secondary N) is 1. The average molecular weight is 599 g/mol. The van der Waals surface area contributed by atoms with Gasteiger partial charge in [-0.2, -0.15) is 0 Å². The fourth-order valence-corrected chi connectivity index (χ4v) is 6.50. The van der Waals surface area contributed by atoms with Crippen LogP contribution < -0.4 is 11.1 Å². The second-order valence-electron chi connectivity index (χ2n) is 7.70. The topological polar surface area (TPSA) is 258 Å². The number of thiazole rings is 1. The van der Waals surface area contributed by atoms with Crippen LogP contribution in [0.5, 0.6) is 0 Å². The number of carbonyl (C=O) groups excluding carboxylic acids is 2. The van der Waals surface area contributed by atoms with Crippen LogP contribution in [-0.2, 0) is 30.6 Å². The monoisotopic (exact) mass is 598 g/mol. The number of carboxylic acids is 2. The molecule has 0 aromatic carbocycles. The molecule has 2 aromatic rings. The normalized spacial score (nSPS) is 19.7. The Balaban J connectivity index is 1.47. The highest BCUT2D eigenvalue weighted by molar-refractivity contribution is 8.01. The maximum absolute atomic E-state index is 13.0. The van der Waals surface area contributed by atoms with Crippen molar-refractivity contribution < 1.29 is 34.2 Å². The van der Waals surface area contributed by atoms with Gasteiger partial charge < -0.3 is 26.1 Å². The number of nitroso groups, excluding NO2 is 1. The predicted octanol–water partition coefficient (Wildman–Crippen LogP) is -1.19. The number of hydrogen-bond acceptors (Lipinski definition) is 16. The van der Waals surface area contributed by atoms with E-state index in [9.17, 15) is 29.2 Å². The van der Waals surface area contributed by atoms with E-state index in [1.54, 1.807) is 0 Å². The van der Waals surface area contributed by atoms with Gasteiger partial charge in [0, 0.05) is 16.9 Å². The third kappa shape index (κ3) is 5.68. The van der Waals surface area contributed by atoms with E-state index in [0.717, 1.165) is 32.7 Å². The number of tetrazole rings is 1. The Hall–Kier alpha value is -4.11. The highest BCUT2D eigenvalue weighted by atomic mass is 32.2. The number of amides is 2. The molecule has 2 aliphatic rings. The molecule has 21 heteroatoms. The number of aromatic nitrogens is 5. The zero-order chi connectivity index (χ0) is 28.3. The molecular weight excluding hydrogens is 580 g/mol. The zero-order valence-electron chi connectivity index (χ0n) is 19.7. The Kier molecular flexibility index (Phi) is 8.40. The number of nitrogens with two attached hydrogens (primary N) is 1. The number of rotatable bonds is 12. The summed E-state index contributed by atoms with van der Waals surface area (Å²) < 4.78 is 1.07. The van der Waals surface area contributed by atoms with Gasteiger partial charge >= 0.3 is 11.9 Å². The summed E-state index contributed by atoms with van der Waals surface area (Å²) in [6.45, 7) is -0.413. The van der Waals surface area contributed by atoms with Crippen LogP contribution in [0.25, 0.3) is 0 Å². The van der Waals surface area contributed by atoms with E-state index in [0.29, 0.717) is 5.57 Å². The van der Waals surface area contributed by atoms with Crippen LogP contribution in [0, 0.1) is 4.91 Å². The molecule has 2 aliphatic heterocycles. The lowest BCUT2D eigenvalue weighted by atomic mass is 10.0. The third-order valence-electron chi connectivity index (χ3n) is 5.33. The molecule has 1 saturated heterocycles. The Morgan fingerprint density at radius 2 is 2.15 bits per heavy atom. The largest absolute Gasteiger partial charge is 0.480 e. The van der Waals surface area contributed by atoms with Gasteiger partial charge in [0.2, 0.25) is 11.2 Å². The highest BCUT2D eigenvalue weighted by Gasteiger charge is 2.54. The summed E-state index contributed by atoms with van der Waals surface area (Å²) in [7, 11) is 1.24. The van der Waals surface area contributed by atoms with E-state index in [4.69, 9.17) is 15.7 Å². The van der Waals surface area contributed by atoms with Crippen molar-refractivity contribution in [2.45, 2.75) is 29.2 Å². The molecule has 1 fully saturated rings. The van der Waals surface area contributed by atoms with Crippen molar-refractivity contribution >= 4 is 69.5 Å². The van der Waals surface area contributed by atoms with E-state index in [1.807, 2.05) is 0 Å². The number of β-lactam (4-membered cyclic amide) rings is 1. The Bertz CT molecular complexity index is 1390. The molecule has 0 saturated carbocycles. The minimum atomic E-state index is -1.61. The molecule has 5 N–H and O–H groups in total.